The lowest BCUT2D eigenvalue weighted by atomic mass is 10.2. The van der Waals surface area contributed by atoms with Crippen LogP contribution in [0.4, 0.5) is 0 Å². The second-order valence-electron chi connectivity index (χ2n) is 1.83. The molecule has 0 rings (SSSR count). The second kappa shape index (κ2) is 6.13. The van der Waals surface area contributed by atoms with E-state index in [0.29, 0.717) is 10.5 Å². The van der Waals surface area contributed by atoms with Crippen LogP contribution in [-0.4, -0.2) is 22.0 Å². The zero-order valence-electron chi connectivity index (χ0n) is 5.06. The Hall–Kier alpha value is 1.40. The molecule has 0 radical (unpaired) electrons. The Morgan fingerprint density at radius 1 is 1.00 bits per heavy atom. The lowest BCUT2D eigenvalue weighted by Crippen LogP contribution is -2.17. The molecule has 0 nitrogen and oxygen atoms in total. The van der Waals surface area contributed by atoms with Crippen LogP contribution in [0.15, 0.2) is 0 Å². The Labute approximate surface area is 78.8 Å². The van der Waals surface area contributed by atoms with E-state index in [1.54, 1.807) is 0 Å². The van der Waals surface area contributed by atoms with Gasteiger partial charge in [0, 0.05) is 16.3 Å². The maximum atomic E-state index is 4.31. The molecule has 56 valence electrons. The van der Waals surface area contributed by atoms with Crippen molar-refractivity contribution in [3.63, 3.8) is 0 Å². The van der Waals surface area contributed by atoms with Crippen molar-refractivity contribution in [3.8, 4) is 0 Å². The minimum Gasteiger partial charge on any atom is -0.179 e. The molecular weight excluding hydrogens is 188 g/mol. The van der Waals surface area contributed by atoms with E-state index < -0.39 is 0 Å². The Bertz CT molecular complexity index is 66.0. The largest absolute Gasteiger partial charge is 0.179 e. The van der Waals surface area contributed by atoms with Gasteiger partial charge in [0.15, 0.2) is 0 Å². The summed E-state index contributed by atoms with van der Waals surface area (Å²) in [5.41, 5.74) is 0. The summed E-state index contributed by atoms with van der Waals surface area (Å²) in [6.45, 7) is 0. The number of hydrogen-bond donors (Lipinski definition) is 4. The van der Waals surface area contributed by atoms with Gasteiger partial charge in [-0.2, -0.15) is 50.5 Å². The first kappa shape index (κ1) is 10.4. The predicted octanol–water partition coefficient (Wildman–Crippen LogP) is 1.83. The molecule has 0 fully saturated rings. The first-order chi connectivity index (χ1) is 4.22. The first-order valence-corrected chi connectivity index (χ1v) is 5.10. The van der Waals surface area contributed by atoms with Crippen molar-refractivity contribution in [1.82, 2.24) is 0 Å². The first-order valence-electron chi connectivity index (χ1n) is 2.80. The lowest BCUT2D eigenvalue weighted by Gasteiger charge is -2.13. The van der Waals surface area contributed by atoms with Crippen LogP contribution in [0.3, 0.4) is 0 Å². The van der Waals surface area contributed by atoms with Gasteiger partial charge in [0.25, 0.3) is 0 Å². The van der Waals surface area contributed by atoms with Crippen molar-refractivity contribution >= 4 is 50.5 Å². The highest BCUT2D eigenvalue weighted by Crippen LogP contribution is 2.14. The van der Waals surface area contributed by atoms with Crippen molar-refractivity contribution in [2.24, 2.45) is 0 Å². The van der Waals surface area contributed by atoms with E-state index in [1.807, 2.05) is 0 Å². The van der Waals surface area contributed by atoms with Crippen LogP contribution in [0.1, 0.15) is 6.42 Å². The normalized spacial score (nSPS) is 17.3. The van der Waals surface area contributed by atoms with Crippen molar-refractivity contribution in [2.75, 3.05) is 11.5 Å². The van der Waals surface area contributed by atoms with Gasteiger partial charge in [0.1, 0.15) is 0 Å². The summed E-state index contributed by atoms with van der Waals surface area (Å²) in [7, 11) is 0. The maximum absolute atomic E-state index is 4.31. The smallest absolute Gasteiger partial charge is 0.0222 e. The van der Waals surface area contributed by atoms with Crippen LogP contribution in [0, 0.1) is 0 Å². The molecular formula is C5H12S4. The van der Waals surface area contributed by atoms with Crippen molar-refractivity contribution in [3.05, 3.63) is 0 Å². The molecule has 0 heterocycles. The summed E-state index contributed by atoms with van der Waals surface area (Å²) in [6.07, 6.45) is 1.00. The Morgan fingerprint density at radius 3 is 1.89 bits per heavy atom. The molecule has 0 saturated carbocycles. The summed E-state index contributed by atoms with van der Waals surface area (Å²) < 4.78 is 0. The molecule has 0 saturated heterocycles. The number of hydrogen-bond acceptors (Lipinski definition) is 4. The maximum Gasteiger partial charge on any atom is 0.0222 e. The summed E-state index contributed by atoms with van der Waals surface area (Å²) in [6, 6.07) is 0. The van der Waals surface area contributed by atoms with E-state index in [0.717, 1.165) is 17.9 Å². The molecule has 4 heteroatoms. The number of rotatable bonds is 4. The Balaban J connectivity index is 3.32. The minimum absolute atomic E-state index is 0.295. The van der Waals surface area contributed by atoms with Gasteiger partial charge in [-0.05, 0) is 12.2 Å². The third-order valence-corrected chi connectivity index (χ3v) is 3.39. The fourth-order valence-electron chi connectivity index (χ4n) is 0.446. The molecule has 0 amide bonds. The highest BCUT2D eigenvalue weighted by molar-refractivity contribution is 7.87. The van der Waals surface area contributed by atoms with E-state index >= 15 is 0 Å². The summed E-state index contributed by atoms with van der Waals surface area (Å²) in [5.74, 6) is 1.66. The second-order valence-corrected chi connectivity index (χ2v) is 3.97. The summed E-state index contributed by atoms with van der Waals surface area (Å²) in [5, 5.41) is 0.632. The quantitative estimate of drug-likeness (QED) is 0.489. The van der Waals surface area contributed by atoms with E-state index in [9.17, 15) is 0 Å². The lowest BCUT2D eigenvalue weighted by molar-refractivity contribution is 0.835. The van der Waals surface area contributed by atoms with Gasteiger partial charge in [0.2, 0.25) is 0 Å². The van der Waals surface area contributed by atoms with Gasteiger partial charge in [-0.3, -0.25) is 0 Å². The Kier molecular flexibility index (Phi) is 7.09. The summed E-state index contributed by atoms with van der Waals surface area (Å²) in [4.78, 5) is 0. The Morgan fingerprint density at radius 2 is 1.56 bits per heavy atom. The van der Waals surface area contributed by atoms with E-state index in [4.69, 9.17) is 0 Å². The van der Waals surface area contributed by atoms with Crippen LogP contribution in [-0.2, 0) is 0 Å². The van der Waals surface area contributed by atoms with Gasteiger partial charge in [-0.1, -0.05) is 0 Å². The molecule has 0 spiro atoms. The third kappa shape index (κ3) is 4.76. The molecule has 0 aliphatic rings. The van der Waals surface area contributed by atoms with Crippen molar-refractivity contribution in [2.45, 2.75) is 16.9 Å². The molecule has 0 aliphatic heterocycles. The molecule has 2 atom stereocenters. The molecule has 0 N–H and O–H groups in total. The SMILES string of the molecule is SCCC(S)C(S)CS. The van der Waals surface area contributed by atoms with Crippen molar-refractivity contribution < 1.29 is 0 Å². The summed E-state index contributed by atoms with van der Waals surface area (Å²) >= 11 is 16.8. The van der Waals surface area contributed by atoms with Crippen molar-refractivity contribution in [1.29, 1.82) is 0 Å². The van der Waals surface area contributed by atoms with Crippen LogP contribution in [0.5, 0.6) is 0 Å². The number of thiol groups is 4. The van der Waals surface area contributed by atoms with Crippen LogP contribution in [0.25, 0.3) is 0 Å². The topological polar surface area (TPSA) is 0 Å². The average molecular weight is 200 g/mol. The van der Waals surface area contributed by atoms with Crippen LogP contribution < -0.4 is 0 Å². The molecule has 0 bridgehead atoms. The standard InChI is InChI=1S/C5H12S4/c6-2-1-4(8)5(9)3-7/h4-9H,1-3H2. The zero-order valence-corrected chi connectivity index (χ0v) is 8.64. The van der Waals surface area contributed by atoms with Gasteiger partial charge in [-0.15, -0.1) is 0 Å². The fourth-order valence-corrected chi connectivity index (χ4v) is 1.73. The molecule has 0 aromatic carbocycles. The monoisotopic (exact) mass is 200 g/mol. The van der Waals surface area contributed by atoms with Gasteiger partial charge in [0.05, 0.1) is 0 Å². The molecule has 0 aromatic rings. The molecule has 0 aromatic heterocycles. The fraction of sp³-hybridized carbons (Fsp3) is 1.00. The minimum atomic E-state index is 0.295. The van der Waals surface area contributed by atoms with Crippen LogP contribution >= 0.6 is 50.5 Å². The van der Waals surface area contributed by atoms with Gasteiger partial charge in [-0.25, -0.2) is 0 Å². The van der Waals surface area contributed by atoms with Gasteiger partial charge >= 0.3 is 0 Å². The van der Waals surface area contributed by atoms with Crippen LogP contribution in [0.2, 0.25) is 0 Å². The molecule has 9 heavy (non-hydrogen) atoms. The zero-order chi connectivity index (χ0) is 7.28. The van der Waals surface area contributed by atoms with E-state index in [1.165, 1.54) is 0 Å². The average Bonchev–Trinajstić information content (AvgIpc) is 1.87. The third-order valence-electron chi connectivity index (χ3n) is 1.06. The molecule has 2 unspecified atom stereocenters. The predicted molar refractivity (Wildman–Crippen MR) is 57.9 cm³/mol. The van der Waals surface area contributed by atoms with Gasteiger partial charge < -0.3 is 0 Å². The highest BCUT2D eigenvalue weighted by Gasteiger charge is 2.10. The van der Waals surface area contributed by atoms with E-state index in [-0.39, 0.29) is 0 Å². The molecule has 0 aliphatic carbocycles. The van der Waals surface area contributed by atoms with E-state index in [2.05, 4.69) is 50.5 Å². The highest BCUT2D eigenvalue weighted by atomic mass is 32.1.